The van der Waals surface area contributed by atoms with E-state index < -0.39 is 28.3 Å². The number of rotatable bonds is 15. The fourth-order valence-electron chi connectivity index (χ4n) is 5.45. The van der Waals surface area contributed by atoms with Gasteiger partial charge < -0.3 is 14.8 Å². The standard InChI is InChI=1S/C36H66N2O6/c1-23(2)19-27(37-30(40)22-36(13,14)35(11,12)21-29(39)33(5,6)7)31(41)43-25-15-17-26(18-16-25)44-32(42)28(20-24(3)4)38-34(8,9)10/h23-28,38H,15-22H2,1-14H3,(H,37,40). The lowest BCUT2D eigenvalue weighted by molar-refractivity contribution is -0.162. The van der Waals surface area contributed by atoms with Crippen LogP contribution in [0.4, 0.5) is 0 Å². The molecule has 0 heterocycles. The summed E-state index contributed by atoms with van der Waals surface area (Å²) >= 11 is 0. The van der Waals surface area contributed by atoms with Gasteiger partial charge in [-0.3, -0.25) is 19.7 Å². The molecule has 1 saturated carbocycles. The minimum atomic E-state index is -0.742. The van der Waals surface area contributed by atoms with Crippen LogP contribution in [0, 0.1) is 28.1 Å². The molecule has 0 spiro atoms. The van der Waals surface area contributed by atoms with Crippen molar-refractivity contribution in [2.45, 2.75) is 178 Å². The topological polar surface area (TPSA) is 111 Å². The first-order chi connectivity index (χ1) is 19.8. The zero-order valence-electron chi connectivity index (χ0n) is 30.6. The predicted octanol–water partition coefficient (Wildman–Crippen LogP) is 7.17. The van der Waals surface area contributed by atoms with E-state index in [1.807, 2.05) is 83.1 Å². The normalized spacial score (nSPS) is 19.8. The third-order valence-electron chi connectivity index (χ3n) is 8.99. The Morgan fingerprint density at radius 3 is 1.41 bits per heavy atom. The number of ether oxygens (including phenoxy) is 2. The van der Waals surface area contributed by atoms with Crippen LogP contribution in [-0.2, 0) is 28.7 Å². The van der Waals surface area contributed by atoms with Crippen LogP contribution in [0.25, 0.3) is 0 Å². The van der Waals surface area contributed by atoms with Gasteiger partial charge in [-0.2, -0.15) is 0 Å². The maximum absolute atomic E-state index is 13.3. The van der Waals surface area contributed by atoms with Gasteiger partial charge in [-0.05, 0) is 82.0 Å². The van der Waals surface area contributed by atoms with Crippen LogP contribution in [-0.4, -0.2) is 53.5 Å². The summed E-state index contributed by atoms with van der Waals surface area (Å²) in [6.45, 7) is 28.2. The molecular formula is C36H66N2O6. The molecule has 1 rings (SSSR count). The van der Waals surface area contributed by atoms with Crippen molar-refractivity contribution in [3.63, 3.8) is 0 Å². The molecule has 44 heavy (non-hydrogen) atoms. The van der Waals surface area contributed by atoms with Crippen LogP contribution in [0.3, 0.4) is 0 Å². The van der Waals surface area contributed by atoms with E-state index in [2.05, 4.69) is 24.5 Å². The molecule has 1 aliphatic carbocycles. The van der Waals surface area contributed by atoms with Gasteiger partial charge in [0.15, 0.2) is 0 Å². The van der Waals surface area contributed by atoms with Crippen LogP contribution >= 0.6 is 0 Å². The molecule has 256 valence electrons. The third kappa shape index (κ3) is 14.0. The summed E-state index contributed by atoms with van der Waals surface area (Å²) in [5, 5.41) is 6.35. The molecule has 0 saturated heterocycles. The molecule has 0 aromatic rings. The average Bonchev–Trinajstić information content (AvgIpc) is 2.81. The number of hydrogen-bond acceptors (Lipinski definition) is 7. The number of carbonyl (C=O) groups excluding carboxylic acids is 4. The first kappa shape index (κ1) is 40.1. The average molecular weight is 623 g/mol. The highest BCUT2D eigenvalue weighted by atomic mass is 16.6. The molecule has 1 fully saturated rings. The number of nitrogens with one attached hydrogen (secondary N) is 2. The second-order valence-corrected chi connectivity index (χ2v) is 17.4. The molecule has 0 bridgehead atoms. The van der Waals surface area contributed by atoms with Gasteiger partial charge in [0.2, 0.25) is 5.91 Å². The fraction of sp³-hybridized carbons (Fsp3) is 0.889. The van der Waals surface area contributed by atoms with E-state index in [9.17, 15) is 19.2 Å². The van der Waals surface area contributed by atoms with E-state index in [0.29, 0.717) is 50.9 Å². The van der Waals surface area contributed by atoms with Crippen molar-refractivity contribution in [3.8, 4) is 0 Å². The lowest BCUT2D eigenvalue weighted by Crippen LogP contribution is -2.50. The summed E-state index contributed by atoms with van der Waals surface area (Å²) < 4.78 is 11.8. The smallest absolute Gasteiger partial charge is 0.328 e. The van der Waals surface area contributed by atoms with Crippen molar-refractivity contribution in [2.75, 3.05) is 0 Å². The van der Waals surface area contributed by atoms with Crippen LogP contribution in [0.15, 0.2) is 0 Å². The number of esters is 2. The second kappa shape index (κ2) is 16.0. The molecule has 2 atom stereocenters. The molecule has 8 heteroatoms. The fourth-order valence-corrected chi connectivity index (χ4v) is 5.45. The minimum absolute atomic E-state index is 0.165. The Hall–Kier alpha value is -1.96. The Balaban J connectivity index is 2.77. The van der Waals surface area contributed by atoms with Gasteiger partial charge >= 0.3 is 11.9 Å². The van der Waals surface area contributed by atoms with Crippen LogP contribution in [0.5, 0.6) is 0 Å². The summed E-state index contributed by atoms with van der Waals surface area (Å²) in [6.07, 6.45) is 3.74. The second-order valence-electron chi connectivity index (χ2n) is 17.4. The van der Waals surface area contributed by atoms with Gasteiger partial charge in [-0.15, -0.1) is 0 Å². The van der Waals surface area contributed by atoms with Gasteiger partial charge in [0, 0.05) is 23.8 Å². The van der Waals surface area contributed by atoms with Crippen molar-refractivity contribution in [1.29, 1.82) is 0 Å². The quantitative estimate of drug-likeness (QED) is 0.186. The third-order valence-corrected chi connectivity index (χ3v) is 8.99. The summed E-state index contributed by atoms with van der Waals surface area (Å²) in [5.41, 5.74) is -1.54. The van der Waals surface area contributed by atoms with Gasteiger partial charge in [-0.1, -0.05) is 76.2 Å². The lowest BCUT2D eigenvalue weighted by Gasteiger charge is -2.42. The Morgan fingerprint density at radius 1 is 0.636 bits per heavy atom. The molecule has 8 nitrogen and oxygen atoms in total. The lowest BCUT2D eigenvalue weighted by atomic mass is 9.62. The van der Waals surface area contributed by atoms with E-state index in [1.165, 1.54) is 0 Å². The number of hydrogen-bond donors (Lipinski definition) is 2. The maximum atomic E-state index is 13.3. The van der Waals surface area contributed by atoms with Crippen molar-refractivity contribution in [2.24, 2.45) is 28.1 Å². The van der Waals surface area contributed by atoms with E-state index in [4.69, 9.17) is 9.47 Å². The number of amides is 1. The molecule has 0 aromatic heterocycles. The number of Topliss-reactive ketones (excluding diaryl/α,β-unsaturated/α-hetero) is 1. The molecule has 1 aliphatic rings. The van der Waals surface area contributed by atoms with Gasteiger partial charge in [0.1, 0.15) is 30.1 Å². The Labute approximate surface area is 268 Å². The Kier molecular flexibility index (Phi) is 14.6. The summed E-state index contributed by atoms with van der Waals surface area (Å²) in [5.74, 6) is -0.158. The van der Waals surface area contributed by atoms with Crippen molar-refractivity contribution < 1.29 is 28.7 Å². The van der Waals surface area contributed by atoms with Crippen molar-refractivity contribution >= 4 is 23.6 Å². The Morgan fingerprint density at radius 2 is 1.02 bits per heavy atom. The first-order valence-corrected chi connectivity index (χ1v) is 16.8. The molecule has 1 amide bonds. The maximum Gasteiger partial charge on any atom is 0.328 e. The molecule has 0 aromatic carbocycles. The van der Waals surface area contributed by atoms with E-state index in [-0.39, 0.29) is 53.8 Å². The number of ketones is 1. The predicted molar refractivity (Wildman–Crippen MR) is 177 cm³/mol. The molecule has 0 aliphatic heterocycles. The van der Waals surface area contributed by atoms with Crippen LogP contribution < -0.4 is 10.6 Å². The first-order valence-electron chi connectivity index (χ1n) is 16.8. The zero-order chi connectivity index (χ0) is 34.3. The monoisotopic (exact) mass is 622 g/mol. The number of carbonyl (C=O) groups is 4. The minimum Gasteiger partial charge on any atom is -0.461 e. The van der Waals surface area contributed by atoms with Crippen LogP contribution in [0.1, 0.15) is 148 Å². The molecular weight excluding hydrogens is 556 g/mol. The summed E-state index contributed by atoms with van der Waals surface area (Å²) in [6, 6.07) is -1.10. The SMILES string of the molecule is CC(C)CC(NC(=O)CC(C)(C)C(C)(C)CC(=O)C(C)(C)C)C(=O)OC1CCC(OC(=O)C(CC(C)C)NC(C)(C)C)CC1. The zero-order valence-corrected chi connectivity index (χ0v) is 30.6. The Bertz CT molecular complexity index is 962. The summed E-state index contributed by atoms with van der Waals surface area (Å²) in [4.78, 5) is 52.4. The molecule has 2 N–H and O–H groups in total. The van der Waals surface area contributed by atoms with Gasteiger partial charge in [0.25, 0.3) is 0 Å². The molecule has 0 radical (unpaired) electrons. The van der Waals surface area contributed by atoms with E-state index in [0.717, 1.165) is 0 Å². The highest BCUT2D eigenvalue weighted by molar-refractivity contribution is 5.86. The van der Waals surface area contributed by atoms with Gasteiger partial charge in [0.05, 0.1) is 0 Å². The highest BCUT2D eigenvalue weighted by Crippen LogP contribution is 2.45. The summed E-state index contributed by atoms with van der Waals surface area (Å²) in [7, 11) is 0. The highest BCUT2D eigenvalue weighted by Gasteiger charge is 2.42. The van der Waals surface area contributed by atoms with Crippen molar-refractivity contribution in [3.05, 3.63) is 0 Å². The van der Waals surface area contributed by atoms with Crippen LogP contribution in [0.2, 0.25) is 0 Å². The van der Waals surface area contributed by atoms with Gasteiger partial charge in [-0.25, -0.2) is 4.79 Å². The van der Waals surface area contributed by atoms with E-state index >= 15 is 0 Å². The largest absolute Gasteiger partial charge is 0.461 e. The van der Waals surface area contributed by atoms with E-state index in [1.54, 1.807) is 0 Å². The molecule has 2 unspecified atom stereocenters. The van der Waals surface area contributed by atoms with Crippen molar-refractivity contribution in [1.82, 2.24) is 10.6 Å².